The van der Waals surface area contributed by atoms with Crippen LogP contribution in [0.5, 0.6) is 5.75 Å². The van der Waals surface area contributed by atoms with E-state index in [0.717, 1.165) is 12.2 Å². The minimum absolute atomic E-state index is 0.0775. The number of halogens is 2. The number of fused-ring (bicyclic) bond motifs is 1. The number of pyridine rings is 1. The Kier molecular flexibility index (Phi) is 5.87. The Morgan fingerprint density at radius 3 is 3.03 bits per heavy atom. The van der Waals surface area contributed by atoms with E-state index in [2.05, 4.69) is 20.0 Å². The number of nitrogens with zero attached hydrogens (tertiary/aromatic N) is 2. The van der Waals surface area contributed by atoms with E-state index in [1.807, 2.05) is 0 Å². The summed E-state index contributed by atoms with van der Waals surface area (Å²) in [6, 6.07) is 7.19. The molecule has 0 saturated carbocycles. The van der Waals surface area contributed by atoms with Crippen molar-refractivity contribution < 1.29 is 23.0 Å². The predicted molar refractivity (Wildman–Crippen MR) is 110 cm³/mol. The molecule has 2 unspecified atom stereocenters. The topological polar surface area (TPSA) is 98.8 Å². The molecule has 0 aliphatic carbocycles. The summed E-state index contributed by atoms with van der Waals surface area (Å²) in [5, 5.41) is 3.10. The van der Waals surface area contributed by atoms with Crippen molar-refractivity contribution in [2.75, 3.05) is 31.1 Å². The first-order chi connectivity index (χ1) is 14.5. The molecule has 2 aliphatic heterocycles. The van der Waals surface area contributed by atoms with Gasteiger partial charge in [-0.05, 0) is 36.8 Å². The monoisotopic (exact) mass is 434 g/mol. The lowest BCUT2D eigenvalue weighted by Crippen LogP contribution is -2.48. The number of nitrogens with two attached hydrogens (primary N) is 1. The number of amidine groups is 1. The number of aromatic nitrogens is 1. The molecule has 2 atom stereocenters. The number of carbonyl (C=O) groups excluding carboxylic acids is 1. The standard InChI is InChI=1S/C20H20F2N4O3S/c21-11-29-14-2-4-17(24-8-14)18(27)25-13-1-3-16(22)15(7-13)20-10-28-6-5-12(20)9-30-19(23)26-20/h1-4,7-8,12H,5-6,9-11H2,(H2,23,26)(H,25,27). The number of benzene rings is 1. The Bertz CT molecular complexity index is 973. The summed E-state index contributed by atoms with van der Waals surface area (Å²) < 4.78 is 37.4. The zero-order valence-corrected chi connectivity index (χ0v) is 16.8. The van der Waals surface area contributed by atoms with Gasteiger partial charge in [0, 0.05) is 29.5 Å². The van der Waals surface area contributed by atoms with Gasteiger partial charge in [0.2, 0.25) is 6.86 Å². The Morgan fingerprint density at radius 2 is 2.27 bits per heavy atom. The fraction of sp³-hybridized carbons (Fsp3) is 0.350. The van der Waals surface area contributed by atoms with E-state index in [9.17, 15) is 13.6 Å². The molecule has 1 amide bonds. The first-order valence-corrected chi connectivity index (χ1v) is 10.3. The van der Waals surface area contributed by atoms with Crippen LogP contribution in [0.1, 0.15) is 22.5 Å². The number of rotatable bonds is 5. The number of anilines is 1. The summed E-state index contributed by atoms with van der Waals surface area (Å²) >= 11 is 1.46. The Morgan fingerprint density at radius 1 is 1.40 bits per heavy atom. The van der Waals surface area contributed by atoms with Gasteiger partial charge in [0.25, 0.3) is 5.91 Å². The van der Waals surface area contributed by atoms with E-state index in [-0.39, 0.29) is 24.0 Å². The lowest BCUT2D eigenvalue weighted by atomic mass is 9.76. The molecule has 2 aliphatic rings. The first kappa shape index (κ1) is 20.5. The number of thioether (sulfide) groups is 1. The normalized spacial score (nSPS) is 23.3. The molecule has 30 heavy (non-hydrogen) atoms. The van der Waals surface area contributed by atoms with Crippen LogP contribution in [0.4, 0.5) is 14.5 Å². The number of hydrogen-bond acceptors (Lipinski definition) is 7. The second-order valence-electron chi connectivity index (χ2n) is 7.00. The third kappa shape index (κ3) is 3.97. The maximum absolute atomic E-state index is 14.9. The Labute approximate surface area is 176 Å². The lowest BCUT2D eigenvalue weighted by molar-refractivity contribution is 0.00304. The van der Waals surface area contributed by atoms with E-state index < -0.39 is 24.1 Å². The molecule has 0 bridgehead atoms. The van der Waals surface area contributed by atoms with Crippen molar-refractivity contribution in [3.05, 3.63) is 53.6 Å². The van der Waals surface area contributed by atoms with E-state index in [4.69, 9.17) is 10.5 Å². The largest absolute Gasteiger partial charge is 0.461 e. The van der Waals surface area contributed by atoms with E-state index in [1.165, 1.54) is 42.2 Å². The van der Waals surface area contributed by atoms with Crippen molar-refractivity contribution in [1.29, 1.82) is 0 Å². The van der Waals surface area contributed by atoms with Crippen molar-refractivity contribution in [2.45, 2.75) is 12.0 Å². The van der Waals surface area contributed by atoms with Crippen molar-refractivity contribution in [3.8, 4) is 5.75 Å². The number of nitrogens with one attached hydrogen (secondary N) is 1. The molecule has 3 heterocycles. The molecule has 0 radical (unpaired) electrons. The number of alkyl halides is 1. The van der Waals surface area contributed by atoms with Gasteiger partial charge in [0.05, 0.1) is 12.8 Å². The SMILES string of the molecule is NC1=NC2(c3cc(NC(=O)c4ccc(OCF)cn4)ccc3F)COCCC2CS1. The maximum atomic E-state index is 14.9. The predicted octanol–water partition coefficient (Wildman–Crippen LogP) is 3.07. The highest BCUT2D eigenvalue weighted by atomic mass is 32.2. The number of aliphatic imine (C=N–C) groups is 1. The molecule has 4 rings (SSSR count). The van der Waals surface area contributed by atoms with Crippen LogP contribution >= 0.6 is 11.8 Å². The highest BCUT2D eigenvalue weighted by Gasteiger charge is 2.47. The van der Waals surface area contributed by atoms with Gasteiger partial charge in [-0.3, -0.25) is 4.79 Å². The average Bonchev–Trinajstić information content (AvgIpc) is 2.75. The molecule has 1 aromatic carbocycles. The summed E-state index contributed by atoms with van der Waals surface area (Å²) in [4.78, 5) is 21.1. The second-order valence-corrected chi connectivity index (χ2v) is 8.05. The zero-order chi connectivity index (χ0) is 21.1. The zero-order valence-electron chi connectivity index (χ0n) is 15.9. The van der Waals surface area contributed by atoms with Gasteiger partial charge >= 0.3 is 0 Å². The third-order valence-corrected chi connectivity index (χ3v) is 6.19. The quantitative estimate of drug-likeness (QED) is 0.751. The molecule has 1 aromatic heterocycles. The summed E-state index contributed by atoms with van der Waals surface area (Å²) in [6.45, 7) is -0.164. The number of hydrogen-bond donors (Lipinski definition) is 2. The van der Waals surface area contributed by atoms with E-state index >= 15 is 0 Å². The molecule has 2 aromatic rings. The van der Waals surface area contributed by atoms with Crippen molar-refractivity contribution in [1.82, 2.24) is 4.98 Å². The Balaban J connectivity index is 1.62. The summed E-state index contributed by atoms with van der Waals surface area (Å²) in [5.41, 5.74) is 5.90. The third-order valence-electron chi connectivity index (χ3n) is 5.23. The number of amides is 1. The van der Waals surface area contributed by atoms with Gasteiger partial charge in [-0.15, -0.1) is 0 Å². The maximum Gasteiger partial charge on any atom is 0.274 e. The van der Waals surface area contributed by atoms with Gasteiger partial charge in [0.1, 0.15) is 22.8 Å². The van der Waals surface area contributed by atoms with Gasteiger partial charge in [-0.1, -0.05) is 11.8 Å². The molecule has 10 heteroatoms. The summed E-state index contributed by atoms with van der Waals surface area (Å²) in [7, 11) is 0. The molecule has 3 N–H and O–H groups in total. The summed E-state index contributed by atoms with van der Waals surface area (Å²) in [6.07, 6.45) is 2.00. The van der Waals surface area contributed by atoms with Crippen molar-refractivity contribution in [2.24, 2.45) is 16.6 Å². The van der Waals surface area contributed by atoms with Crippen molar-refractivity contribution >= 4 is 28.5 Å². The minimum Gasteiger partial charge on any atom is -0.461 e. The van der Waals surface area contributed by atoms with Crippen LogP contribution in [0, 0.1) is 11.7 Å². The fourth-order valence-corrected chi connectivity index (χ4v) is 4.76. The van der Waals surface area contributed by atoms with Crippen LogP contribution < -0.4 is 15.8 Å². The van der Waals surface area contributed by atoms with Crippen LogP contribution in [0.2, 0.25) is 0 Å². The number of carbonyl (C=O) groups is 1. The van der Waals surface area contributed by atoms with E-state index in [0.29, 0.717) is 23.0 Å². The van der Waals surface area contributed by atoms with Gasteiger partial charge in [-0.2, -0.15) is 0 Å². The molecule has 158 valence electrons. The molecule has 1 saturated heterocycles. The van der Waals surface area contributed by atoms with Gasteiger partial charge < -0.3 is 20.5 Å². The number of ether oxygens (including phenoxy) is 2. The van der Waals surface area contributed by atoms with Gasteiger partial charge in [-0.25, -0.2) is 18.8 Å². The molecular weight excluding hydrogens is 414 g/mol. The van der Waals surface area contributed by atoms with Crippen LogP contribution in [-0.2, 0) is 10.3 Å². The second kappa shape index (κ2) is 8.57. The van der Waals surface area contributed by atoms with Crippen LogP contribution in [-0.4, -0.2) is 41.9 Å². The average molecular weight is 434 g/mol. The fourth-order valence-electron chi connectivity index (χ4n) is 3.72. The van der Waals surface area contributed by atoms with Crippen LogP contribution in [0.25, 0.3) is 0 Å². The molecular formula is C20H20F2N4O3S. The lowest BCUT2D eigenvalue weighted by Gasteiger charge is -2.43. The Hall–Kier alpha value is -2.72. The summed E-state index contributed by atoms with van der Waals surface area (Å²) in [5.74, 6) is 0.0968. The van der Waals surface area contributed by atoms with Crippen LogP contribution in [0.15, 0.2) is 41.5 Å². The minimum atomic E-state index is -0.983. The molecule has 0 spiro atoms. The van der Waals surface area contributed by atoms with Crippen LogP contribution in [0.3, 0.4) is 0 Å². The van der Waals surface area contributed by atoms with Crippen molar-refractivity contribution in [3.63, 3.8) is 0 Å². The highest BCUT2D eigenvalue weighted by Crippen LogP contribution is 2.45. The van der Waals surface area contributed by atoms with Gasteiger partial charge in [0.15, 0.2) is 5.17 Å². The first-order valence-electron chi connectivity index (χ1n) is 9.34. The van der Waals surface area contributed by atoms with E-state index in [1.54, 1.807) is 6.07 Å². The highest BCUT2D eigenvalue weighted by molar-refractivity contribution is 8.13. The molecule has 7 nitrogen and oxygen atoms in total. The smallest absolute Gasteiger partial charge is 0.274 e. The molecule has 1 fully saturated rings.